The van der Waals surface area contributed by atoms with E-state index in [2.05, 4.69) is 21.8 Å². The standard InChI is InChI=1S/C12H10N2OS/c1-9-14-11(8-16-9)4-3-10-5-12(15-2)7-13-6-10/h5-8H,1-2H3/i5D,6D,7D. The first-order valence-corrected chi connectivity index (χ1v) is 5.36. The molecule has 0 radical (unpaired) electrons. The Labute approximate surface area is 102 Å². The van der Waals surface area contributed by atoms with Gasteiger partial charge in [-0.3, -0.25) is 4.98 Å². The summed E-state index contributed by atoms with van der Waals surface area (Å²) in [5.74, 6) is 5.52. The second-order valence-corrected chi connectivity index (χ2v) is 3.93. The fourth-order valence-electron chi connectivity index (χ4n) is 1.01. The van der Waals surface area contributed by atoms with Crippen LogP contribution in [0.1, 0.15) is 20.4 Å². The van der Waals surface area contributed by atoms with E-state index < -0.39 is 0 Å². The van der Waals surface area contributed by atoms with Crippen LogP contribution >= 0.6 is 11.3 Å². The second kappa shape index (κ2) is 4.77. The molecular formula is C12H10N2OS. The topological polar surface area (TPSA) is 35.0 Å². The lowest BCUT2D eigenvalue weighted by Crippen LogP contribution is -1.85. The molecule has 16 heavy (non-hydrogen) atoms. The van der Waals surface area contributed by atoms with Crippen LogP contribution in [0.5, 0.6) is 5.75 Å². The Kier molecular flexibility index (Phi) is 2.21. The van der Waals surface area contributed by atoms with Gasteiger partial charge in [0.15, 0.2) is 0 Å². The molecule has 0 aromatic carbocycles. The summed E-state index contributed by atoms with van der Waals surface area (Å²) in [4.78, 5) is 7.87. The molecule has 0 unspecified atom stereocenters. The van der Waals surface area contributed by atoms with Crippen molar-refractivity contribution < 1.29 is 8.85 Å². The van der Waals surface area contributed by atoms with Crippen molar-refractivity contribution >= 4 is 11.3 Å². The van der Waals surface area contributed by atoms with Crippen molar-refractivity contribution in [1.82, 2.24) is 9.97 Å². The van der Waals surface area contributed by atoms with E-state index >= 15 is 0 Å². The van der Waals surface area contributed by atoms with Gasteiger partial charge in [-0.15, -0.1) is 11.3 Å². The molecule has 0 bridgehead atoms. The summed E-state index contributed by atoms with van der Waals surface area (Å²) in [5.41, 5.74) is 0.730. The molecule has 2 aromatic heterocycles. The summed E-state index contributed by atoms with van der Waals surface area (Å²) in [5, 5.41) is 2.71. The van der Waals surface area contributed by atoms with Gasteiger partial charge in [-0.25, -0.2) is 4.98 Å². The van der Waals surface area contributed by atoms with E-state index in [1.807, 2.05) is 6.92 Å². The molecule has 0 saturated heterocycles. The lowest BCUT2D eigenvalue weighted by Gasteiger charge is -1.97. The average molecular weight is 233 g/mol. The maximum Gasteiger partial charge on any atom is 0.138 e. The Balaban J connectivity index is 2.49. The Bertz CT molecular complexity index is 688. The zero-order valence-corrected chi connectivity index (χ0v) is 9.60. The Morgan fingerprint density at radius 2 is 2.31 bits per heavy atom. The van der Waals surface area contributed by atoms with Gasteiger partial charge in [0.2, 0.25) is 0 Å². The van der Waals surface area contributed by atoms with Crippen molar-refractivity contribution in [2.75, 3.05) is 7.11 Å². The van der Waals surface area contributed by atoms with Gasteiger partial charge in [-0.1, -0.05) is 5.92 Å². The summed E-state index contributed by atoms with van der Waals surface area (Å²) < 4.78 is 28.0. The number of pyridine rings is 1. The molecule has 0 saturated carbocycles. The molecule has 0 aliphatic carbocycles. The van der Waals surface area contributed by atoms with Crippen LogP contribution in [0.15, 0.2) is 23.8 Å². The summed E-state index contributed by atoms with van der Waals surface area (Å²) in [6.45, 7) is 1.88. The van der Waals surface area contributed by atoms with E-state index in [1.165, 1.54) is 18.4 Å². The number of thiazole rings is 1. The Hall–Kier alpha value is -1.86. The quantitative estimate of drug-likeness (QED) is 0.709. The molecule has 0 fully saturated rings. The molecule has 4 heteroatoms. The van der Waals surface area contributed by atoms with Crippen LogP contribution in [0.3, 0.4) is 0 Å². The van der Waals surface area contributed by atoms with Crippen molar-refractivity contribution in [1.29, 1.82) is 0 Å². The largest absolute Gasteiger partial charge is 0.495 e. The summed E-state index contributed by atoms with van der Waals surface area (Å²) >= 11 is 1.48. The molecule has 3 nitrogen and oxygen atoms in total. The molecule has 0 N–H and O–H groups in total. The van der Waals surface area contributed by atoms with Crippen LogP contribution in [0.4, 0.5) is 0 Å². The lowest BCUT2D eigenvalue weighted by atomic mass is 10.3. The van der Waals surface area contributed by atoms with Crippen LogP contribution in [0.25, 0.3) is 0 Å². The molecule has 0 spiro atoms. The zero-order valence-electron chi connectivity index (χ0n) is 11.8. The van der Waals surface area contributed by atoms with Crippen LogP contribution in [0.2, 0.25) is 0 Å². The van der Waals surface area contributed by atoms with E-state index in [-0.39, 0.29) is 29.7 Å². The first-order chi connectivity index (χ1) is 9.02. The highest BCUT2D eigenvalue weighted by atomic mass is 32.1. The summed E-state index contributed by atoms with van der Waals surface area (Å²) in [7, 11) is 1.36. The molecule has 2 aromatic rings. The van der Waals surface area contributed by atoms with Gasteiger partial charge < -0.3 is 4.74 Å². The first-order valence-electron chi connectivity index (χ1n) is 5.99. The predicted molar refractivity (Wildman–Crippen MR) is 63.6 cm³/mol. The molecule has 2 rings (SSSR count). The van der Waals surface area contributed by atoms with Crippen molar-refractivity contribution in [2.45, 2.75) is 6.92 Å². The van der Waals surface area contributed by atoms with Crippen molar-refractivity contribution in [2.24, 2.45) is 0 Å². The highest BCUT2D eigenvalue weighted by Crippen LogP contribution is 2.10. The number of hydrogen-bond acceptors (Lipinski definition) is 4. The van der Waals surface area contributed by atoms with Gasteiger partial charge in [-0.05, 0) is 18.9 Å². The van der Waals surface area contributed by atoms with Gasteiger partial charge in [0.05, 0.1) is 22.4 Å². The summed E-state index contributed by atoms with van der Waals surface area (Å²) in [6, 6.07) is -0.0908. The first kappa shape index (κ1) is 7.42. The number of aryl methyl sites for hydroxylation is 1. The monoisotopic (exact) mass is 233 g/mol. The maximum absolute atomic E-state index is 7.87. The third-order valence-electron chi connectivity index (χ3n) is 1.70. The maximum atomic E-state index is 7.87. The van der Waals surface area contributed by atoms with Crippen LogP contribution in [-0.2, 0) is 0 Å². The minimum atomic E-state index is -0.229. The van der Waals surface area contributed by atoms with Crippen molar-refractivity contribution in [3.8, 4) is 17.6 Å². The fourth-order valence-corrected chi connectivity index (χ4v) is 1.55. The molecule has 80 valence electrons. The smallest absolute Gasteiger partial charge is 0.138 e. The van der Waals surface area contributed by atoms with Crippen molar-refractivity contribution in [3.63, 3.8) is 0 Å². The van der Waals surface area contributed by atoms with Gasteiger partial charge in [-0.2, -0.15) is 0 Å². The normalized spacial score (nSPS) is 12.0. The number of nitrogens with zero attached hydrogens (tertiary/aromatic N) is 2. The minimum absolute atomic E-state index is 0.0229. The van der Waals surface area contributed by atoms with Gasteiger partial charge in [0, 0.05) is 17.1 Å². The molecule has 0 atom stereocenters. The number of ether oxygens (including phenoxy) is 1. The number of hydrogen-bond donors (Lipinski definition) is 0. The van der Waals surface area contributed by atoms with E-state index in [1.54, 1.807) is 5.38 Å². The highest BCUT2D eigenvalue weighted by molar-refractivity contribution is 7.09. The molecule has 0 aliphatic heterocycles. The van der Waals surface area contributed by atoms with E-state index in [0.29, 0.717) is 5.69 Å². The van der Waals surface area contributed by atoms with Crippen molar-refractivity contribution in [3.05, 3.63) is 40.0 Å². The van der Waals surface area contributed by atoms with Gasteiger partial charge in [0.1, 0.15) is 11.4 Å². The number of methoxy groups -OCH3 is 1. The fraction of sp³-hybridized carbons (Fsp3) is 0.167. The predicted octanol–water partition coefficient (Wildman–Crippen LogP) is 2.25. The van der Waals surface area contributed by atoms with Crippen LogP contribution in [0, 0.1) is 18.8 Å². The van der Waals surface area contributed by atoms with Gasteiger partial charge in [0.25, 0.3) is 0 Å². The lowest BCUT2D eigenvalue weighted by molar-refractivity contribution is 0.413. The highest BCUT2D eigenvalue weighted by Gasteiger charge is 1.94. The van der Waals surface area contributed by atoms with E-state index in [0.717, 1.165) is 5.01 Å². The number of rotatable bonds is 1. The third-order valence-corrected chi connectivity index (χ3v) is 2.48. The zero-order chi connectivity index (χ0) is 14.0. The summed E-state index contributed by atoms with van der Waals surface area (Å²) in [6.07, 6.45) is -0.428. The minimum Gasteiger partial charge on any atom is -0.495 e. The molecule has 0 aliphatic rings. The average Bonchev–Trinajstić information content (AvgIpc) is 2.75. The molecular weight excluding hydrogens is 220 g/mol. The third kappa shape index (κ3) is 2.59. The van der Waals surface area contributed by atoms with Crippen LogP contribution in [-0.4, -0.2) is 17.1 Å². The van der Waals surface area contributed by atoms with E-state index in [4.69, 9.17) is 8.85 Å². The number of aromatic nitrogens is 2. The van der Waals surface area contributed by atoms with Gasteiger partial charge >= 0.3 is 0 Å². The van der Waals surface area contributed by atoms with E-state index in [9.17, 15) is 0 Å². The Morgan fingerprint density at radius 1 is 1.44 bits per heavy atom. The molecule has 2 heterocycles. The molecule has 0 amide bonds. The van der Waals surface area contributed by atoms with Crippen LogP contribution < -0.4 is 4.74 Å². The second-order valence-electron chi connectivity index (χ2n) is 2.87. The SMILES string of the molecule is [2H]c1nc([2H])c(OC)c([2H])c1C#Cc1csc(C)n1. The Morgan fingerprint density at radius 3 is 3.00 bits per heavy atom.